The summed E-state index contributed by atoms with van der Waals surface area (Å²) in [6.45, 7) is 5.99. The number of fused-ring (bicyclic) bond motifs is 1. The fourth-order valence-electron chi connectivity index (χ4n) is 2.26. The maximum Gasteiger partial charge on any atom is 0.266 e. The lowest BCUT2D eigenvalue weighted by Crippen LogP contribution is -2.21. The van der Waals surface area contributed by atoms with E-state index in [0.717, 1.165) is 17.0 Å². The summed E-state index contributed by atoms with van der Waals surface area (Å²) in [6.07, 6.45) is 2.14. The molecule has 0 radical (unpaired) electrons. The second-order valence-electron chi connectivity index (χ2n) is 4.74. The van der Waals surface area contributed by atoms with Gasteiger partial charge < -0.3 is 9.05 Å². The van der Waals surface area contributed by atoms with Crippen LogP contribution >= 0.6 is 0 Å². The Morgan fingerprint density at radius 1 is 1.15 bits per heavy atom. The summed E-state index contributed by atoms with van der Waals surface area (Å²) >= 11 is 0. The molecule has 7 nitrogen and oxygen atoms in total. The molecule has 0 fully saturated rings. The highest BCUT2D eigenvalue weighted by Crippen LogP contribution is 2.14. The van der Waals surface area contributed by atoms with Crippen LogP contribution in [0.2, 0.25) is 0 Å². The highest BCUT2D eigenvalue weighted by atomic mass is 16.5. The van der Waals surface area contributed by atoms with Gasteiger partial charge in [-0.1, -0.05) is 10.3 Å². The van der Waals surface area contributed by atoms with Crippen LogP contribution in [0.1, 0.15) is 22.7 Å². The van der Waals surface area contributed by atoms with Gasteiger partial charge in [-0.15, -0.1) is 0 Å². The lowest BCUT2D eigenvalue weighted by atomic mass is 10.1. The van der Waals surface area contributed by atoms with Crippen molar-refractivity contribution >= 4 is 11.1 Å². The Hall–Kier alpha value is -2.44. The molecule has 3 rings (SSSR count). The number of nitrogens with zero attached hydrogens (tertiary/aromatic N) is 4. The van der Waals surface area contributed by atoms with E-state index in [4.69, 9.17) is 9.05 Å². The van der Waals surface area contributed by atoms with Crippen LogP contribution in [-0.2, 0) is 13.0 Å². The second-order valence-corrected chi connectivity index (χ2v) is 4.74. The van der Waals surface area contributed by atoms with Crippen molar-refractivity contribution in [1.82, 2.24) is 19.9 Å². The van der Waals surface area contributed by atoms with Gasteiger partial charge in [0.2, 0.25) is 0 Å². The summed E-state index contributed by atoms with van der Waals surface area (Å²) in [5.41, 5.74) is 2.58. The largest absolute Gasteiger partial charge is 0.361 e. The molecule has 0 bridgehead atoms. The van der Waals surface area contributed by atoms with Crippen LogP contribution in [-0.4, -0.2) is 19.9 Å². The summed E-state index contributed by atoms with van der Waals surface area (Å²) in [6, 6.07) is 0. The van der Waals surface area contributed by atoms with Crippen molar-refractivity contribution in [3.05, 3.63) is 39.4 Å². The molecule has 0 amide bonds. The minimum atomic E-state index is -0.138. The number of rotatable bonds is 3. The Bertz CT molecular complexity index is 808. The van der Waals surface area contributed by atoms with Gasteiger partial charge in [-0.2, -0.15) is 0 Å². The van der Waals surface area contributed by atoms with Gasteiger partial charge >= 0.3 is 0 Å². The molecule has 0 aromatic carbocycles. The van der Waals surface area contributed by atoms with Crippen LogP contribution < -0.4 is 5.56 Å². The molecule has 0 saturated heterocycles. The molecular formula is C13H14N4O3. The predicted molar refractivity (Wildman–Crippen MR) is 70.5 cm³/mol. The molecule has 0 N–H and O–H groups in total. The Kier molecular flexibility index (Phi) is 2.89. The van der Waals surface area contributed by atoms with Crippen LogP contribution in [0.4, 0.5) is 0 Å². The molecule has 3 heterocycles. The van der Waals surface area contributed by atoms with E-state index in [1.165, 1.54) is 6.33 Å². The van der Waals surface area contributed by atoms with Crippen molar-refractivity contribution in [1.29, 1.82) is 0 Å². The van der Waals surface area contributed by atoms with Crippen LogP contribution in [0.5, 0.6) is 0 Å². The van der Waals surface area contributed by atoms with E-state index in [2.05, 4.69) is 15.3 Å². The number of hydrogen-bond donors (Lipinski definition) is 0. The molecule has 0 aliphatic heterocycles. The Labute approximate surface area is 114 Å². The molecule has 0 spiro atoms. The van der Waals surface area contributed by atoms with Gasteiger partial charge in [-0.25, -0.2) is 4.98 Å². The Morgan fingerprint density at radius 3 is 2.60 bits per heavy atom. The van der Waals surface area contributed by atoms with Crippen molar-refractivity contribution in [3.63, 3.8) is 0 Å². The normalized spacial score (nSPS) is 11.3. The molecule has 3 aromatic heterocycles. The number of hydrogen-bond acceptors (Lipinski definition) is 6. The summed E-state index contributed by atoms with van der Waals surface area (Å²) in [7, 11) is 0. The Balaban J connectivity index is 1.94. The van der Waals surface area contributed by atoms with Gasteiger partial charge in [0, 0.05) is 12.1 Å². The third-order valence-corrected chi connectivity index (χ3v) is 3.42. The monoisotopic (exact) mass is 274 g/mol. The molecular weight excluding hydrogens is 260 g/mol. The third kappa shape index (κ3) is 1.91. The molecule has 0 unspecified atom stereocenters. The van der Waals surface area contributed by atoms with Crippen molar-refractivity contribution < 1.29 is 9.05 Å². The maximum absolute atomic E-state index is 12.3. The van der Waals surface area contributed by atoms with Crippen LogP contribution in [0.15, 0.2) is 20.2 Å². The van der Waals surface area contributed by atoms with Gasteiger partial charge in [-0.05, 0) is 27.2 Å². The SMILES string of the molecule is Cc1noc(C)c1CCn1cnc2onc(C)c2c1=O. The van der Waals surface area contributed by atoms with E-state index >= 15 is 0 Å². The fourth-order valence-corrected chi connectivity index (χ4v) is 2.26. The van der Waals surface area contributed by atoms with E-state index in [1.54, 1.807) is 11.5 Å². The minimum Gasteiger partial charge on any atom is -0.361 e. The summed E-state index contributed by atoms with van der Waals surface area (Å²) < 4.78 is 11.6. The van der Waals surface area contributed by atoms with E-state index in [0.29, 0.717) is 24.0 Å². The summed E-state index contributed by atoms with van der Waals surface area (Å²) in [4.78, 5) is 16.4. The zero-order valence-electron chi connectivity index (χ0n) is 11.5. The first-order valence-corrected chi connectivity index (χ1v) is 6.31. The first kappa shape index (κ1) is 12.6. The number of aryl methyl sites for hydroxylation is 4. The average Bonchev–Trinajstić information content (AvgIpc) is 2.95. The van der Waals surface area contributed by atoms with Gasteiger partial charge in [0.05, 0.1) is 11.4 Å². The van der Waals surface area contributed by atoms with Crippen molar-refractivity contribution in [2.45, 2.75) is 33.7 Å². The molecule has 3 aromatic rings. The average molecular weight is 274 g/mol. The molecule has 104 valence electrons. The molecule has 20 heavy (non-hydrogen) atoms. The topological polar surface area (TPSA) is 86.9 Å². The minimum absolute atomic E-state index is 0.138. The van der Waals surface area contributed by atoms with Gasteiger partial charge in [0.1, 0.15) is 17.5 Å². The van der Waals surface area contributed by atoms with Crippen LogP contribution in [0.25, 0.3) is 11.1 Å². The second kappa shape index (κ2) is 4.59. The van der Waals surface area contributed by atoms with E-state index in [1.807, 2.05) is 13.8 Å². The van der Waals surface area contributed by atoms with Crippen molar-refractivity contribution in [2.75, 3.05) is 0 Å². The molecule has 7 heteroatoms. The molecule has 0 aliphatic carbocycles. The smallest absolute Gasteiger partial charge is 0.266 e. The summed E-state index contributed by atoms with van der Waals surface area (Å²) in [5, 5.41) is 8.10. The third-order valence-electron chi connectivity index (χ3n) is 3.42. The van der Waals surface area contributed by atoms with E-state index in [9.17, 15) is 4.79 Å². The van der Waals surface area contributed by atoms with Crippen molar-refractivity contribution in [3.8, 4) is 0 Å². The first-order chi connectivity index (χ1) is 9.58. The van der Waals surface area contributed by atoms with E-state index in [-0.39, 0.29) is 11.3 Å². The highest BCUT2D eigenvalue weighted by molar-refractivity contribution is 5.73. The number of aromatic nitrogens is 4. The van der Waals surface area contributed by atoms with Gasteiger partial charge in [-0.3, -0.25) is 9.36 Å². The standard InChI is InChI=1S/C13H14N4O3/c1-7-10(9(3)19-15-7)4-5-17-6-14-12-11(13(17)18)8(2)16-20-12/h6H,4-5H2,1-3H3. The highest BCUT2D eigenvalue weighted by Gasteiger charge is 2.13. The van der Waals surface area contributed by atoms with Gasteiger partial charge in [0.15, 0.2) is 0 Å². The lowest BCUT2D eigenvalue weighted by molar-refractivity contribution is 0.392. The van der Waals surface area contributed by atoms with E-state index < -0.39 is 0 Å². The fraction of sp³-hybridized carbons (Fsp3) is 0.385. The first-order valence-electron chi connectivity index (χ1n) is 6.31. The van der Waals surface area contributed by atoms with Crippen LogP contribution in [0, 0.1) is 20.8 Å². The zero-order valence-corrected chi connectivity index (χ0v) is 11.5. The van der Waals surface area contributed by atoms with Crippen molar-refractivity contribution in [2.24, 2.45) is 0 Å². The zero-order chi connectivity index (χ0) is 14.3. The molecule has 0 saturated carbocycles. The predicted octanol–water partition coefficient (Wildman–Crippen LogP) is 1.54. The van der Waals surface area contributed by atoms with Gasteiger partial charge in [0.25, 0.3) is 11.3 Å². The quantitative estimate of drug-likeness (QED) is 0.720. The molecule has 0 aliphatic rings. The lowest BCUT2D eigenvalue weighted by Gasteiger charge is -2.04. The molecule has 0 atom stereocenters. The van der Waals surface area contributed by atoms with Crippen LogP contribution in [0.3, 0.4) is 0 Å². The summed E-state index contributed by atoms with van der Waals surface area (Å²) in [5.74, 6) is 0.783. The Morgan fingerprint density at radius 2 is 1.90 bits per heavy atom. The maximum atomic E-state index is 12.3.